The van der Waals surface area contributed by atoms with E-state index in [1.54, 1.807) is 0 Å². The zero-order valence-electron chi connectivity index (χ0n) is 29.0. The van der Waals surface area contributed by atoms with Crippen LogP contribution in [0.15, 0.2) is 24.4 Å². The van der Waals surface area contributed by atoms with Gasteiger partial charge in [0.15, 0.2) is 0 Å². The van der Waals surface area contributed by atoms with E-state index in [4.69, 9.17) is 35.3 Å². The number of carbonyl (C=O) groups is 5. The lowest BCUT2D eigenvalue weighted by Crippen LogP contribution is -2.37. The van der Waals surface area contributed by atoms with Crippen LogP contribution >= 0.6 is 11.6 Å². The molecule has 1 N–H and O–H groups in total. The first kappa shape index (κ1) is 43.1. The van der Waals surface area contributed by atoms with Crippen LogP contribution in [0, 0.1) is 10.1 Å². The second kappa shape index (κ2) is 25.0. The van der Waals surface area contributed by atoms with Crippen LogP contribution in [0.1, 0.15) is 45.2 Å². The Morgan fingerprint density at radius 1 is 0.885 bits per heavy atom. The van der Waals surface area contributed by atoms with Crippen LogP contribution in [0.4, 0.5) is 11.4 Å². The molecule has 0 saturated heterocycles. The van der Waals surface area contributed by atoms with Crippen molar-refractivity contribution in [3.8, 4) is 5.75 Å². The zero-order chi connectivity index (χ0) is 38.1. The van der Waals surface area contributed by atoms with Gasteiger partial charge in [-0.25, -0.2) is 4.68 Å². The lowest BCUT2D eigenvalue weighted by molar-refractivity contribution is -0.384. The summed E-state index contributed by atoms with van der Waals surface area (Å²) >= 11 is 5.65. The molecule has 0 aliphatic rings. The van der Waals surface area contributed by atoms with Crippen LogP contribution in [-0.4, -0.2) is 115 Å². The molecule has 20 nitrogen and oxygen atoms in total. The van der Waals surface area contributed by atoms with Crippen LogP contribution in [-0.2, 0) is 65.5 Å². The Morgan fingerprint density at radius 2 is 1.52 bits per heavy atom. The van der Waals surface area contributed by atoms with Crippen LogP contribution < -0.4 is 15.0 Å². The number of hydrogen-bond donors (Lipinski definition) is 1. The fraction of sp³-hybridized carbons (Fsp3) is 0.581. The summed E-state index contributed by atoms with van der Waals surface area (Å²) in [5.41, 5.74) is -0.113. The number of ether oxygens (including phenoxy) is 7. The maximum absolute atomic E-state index is 12.5. The van der Waals surface area contributed by atoms with Crippen LogP contribution in [0.2, 0.25) is 0 Å². The number of benzene rings is 1. The number of halogens is 1. The third-order valence-electron chi connectivity index (χ3n) is 6.48. The van der Waals surface area contributed by atoms with Crippen molar-refractivity contribution in [2.45, 2.75) is 52.7 Å². The number of rotatable bonds is 27. The Hall–Kier alpha value is -5.08. The van der Waals surface area contributed by atoms with Crippen molar-refractivity contribution in [1.29, 1.82) is 0 Å². The molecule has 0 atom stereocenters. The molecule has 1 amide bonds. The molecular formula is C31H43ClN6O14. The number of non-ortho nitro benzene ring substituents is 1. The summed E-state index contributed by atoms with van der Waals surface area (Å²) < 4.78 is 37.0. The number of carbonyl (C=O) groups excluding carboxylic acids is 5. The minimum Gasteiger partial charge on any atom is -0.485 e. The van der Waals surface area contributed by atoms with Gasteiger partial charge in [0.25, 0.3) is 5.69 Å². The summed E-state index contributed by atoms with van der Waals surface area (Å²) in [7, 11) is 0. The fourth-order valence-electron chi connectivity index (χ4n) is 4.05. The third-order valence-corrected chi connectivity index (χ3v) is 6.75. The van der Waals surface area contributed by atoms with Crippen molar-refractivity contribution in [1.82, 2.24) is 20.3 Å². The first-order valence-corrected chi connectivity index (χ1v) is 16.6. The average molecular weight is 759 g/mol. The molecule has 0 saturated carbocycles. The smallest absolute Gasteiger partial charge is 0.328 e. The molecule has 0 bridgehead atoms. The molecule has 0 fully saturated rings. The number of nitrogens with one attached hydrogen (secondary N) is 1. The molecule has 0 unspecified atom stereocenters. The summed E-state index contributed by atoms with van der Waals surface area (Å²) in [6.45, 7) is 1.18. The third kappa shape index (κ3) is 18.8. The van der Waals surface area contributed by atoms with E-state index in [0.29, 0.717) is 25.7 Å². The highest BCUT2D eigenvalue weighted by Gasteiger charge is 2.23. The number of hydrogen-bond acceptors (Lipinski definition) is 17. The van der Waals surface area contributed by atoms with Crippen LogP contribution in [0.5, 0.6) is 5.75 Å². The highest BCUT2D eigenvalue weighted by atomic mass is 35.5. The fourth-order valence-corrected chi connectivity index (χ4v) is 4.24. The second-order valence-electron chi connectivity index (χ2n) is 10.7. The topological polar surface area (TPSA) is 239 Å². The minimum absolute atomic E-state index is 0.0260. The van der Waals surface area contributed by atoms with Gasteiger partial charge in [-0.05, 0) is 18.9 Å². The largest absolute Gasteiger partial charge is 0.485 e. The molecule has 1 aromatic heterocycles. The predicted octanol–water partition coefficient (Wildman–Crippen LogP) is 1.65. The number of unbranched alkanes of at least 4 members (excludes halogenated alkanes) is 3. The van der Waals surface area contributed by atoms with E-state index < -0.39 is 55.5 Å². The highest BCUT2D eigenvalue weighted by Crippen LogP contribution is 2.33. The van der Waals surface area contributed by atoms with Gasteiger partial charge >= 0.3 is 23.9 Å². The van der Waals surface area contributed by atoms with E-state index in [9.17, 15) is 34.1 Å². The quantitative estimate of drug-likeness (QED) is 0.0340. The first-order valence-electron chi connectivity index (χ1n) is 16.1. The van der Waals surface area contributed by atoms with Gasteiger partial charge in [-0.2, -0.15) is 0 Å². The van der Waals surface area contributed by atoms with E-state index in [1.165, 1.54) is 16.9 Å². The maximum atomic E-state index is 12.5. The Labute approximate surface area is 304 Å². The normalized spacial score (nSPS) is 10.6. The lowest BCUT2D eigenvalue weighted by Gasteiger charge is -2.25. The molecule has 1 heterocycles. The summed E-state index contributed by atoms with van der Waals surface area (Å²) in [6, 6.07) is 3.41. The monoisotopic (exact) mass is 758 g/mol. The molecule has 288 valence electrons. The maximum Gasteiger partial charge on any atom is 0.328 e. The molecule has 52 heavy (non-hydrogen) atoms. The van der Waals surface area contributed by atoms with Crippen molar-refractivity contribution < 1.29 is 62.1 Å². The second-order valence-corrected chi connectivity index (χ2v) is 11.1. The molecule has 0 radical (unpaired) electrons. The van der Waals surface area contributed by atoms with Crippen molar-refractivity contribution in [3.05, 3.63) is 40.2 Å². The number of esters is 4. The van der Waals surface area contributed by atoms with E-state index in [0.717, 1.165) is 56.6 Å². The van der Waals surface area contributed by atoms with Gasteiger partial charge in [-0.3, -0.25) is 34.1 Å². The van der Waals surface area contributed by atoms with E-state index >= 15 is 0 Å². The Bertz CT molecular complexity index is 1420. The summed E-state index contributed by atoms with van der Waals surface area (Å²) in [5.74, 6) is -3.12. The molecular weight excluding hydrogens is 716 g/mol. The standard InChI is InChI=1S/C31H43ClN6O14/c1-23(39)49-21-51-30(42)18-36(19-31(43)52-22-50-24(2)40)27-8-7-26(38(44)45)15-28(27)48-20-25-16-37(35-34-25)17-29(41)33-10-12-47-14-13-46-11-6-4-3-5-9-32/h7-8,15-16H,3-6,9-14,17-22H2,1-2H3,(H,33,41). The SMILES string of the molecule is CC(=O)OCOC(=O)CN(CC(=O)OCOC(C)=O)c1ccc([N+](=O)[O-])cc1OCc1cn(CC(=O)NCCOCCOCCCCCCCl)nn1. The first-order chi connectivity index (χ1) is 25.0. The zero-order valence-corrected chi connectivity index (χ0v) is 29.7. The molecule has 2 aromatic rings. The van der Waals surface area contributed by atoms with Gasteiger partial charge in [0, 0.05) is 38.9 Å². The average Bonchev–Trinajstić information content (AvgIpc) is 3.53. The number of aromatic nitrogens is 3. The number of nitro groups is 1. The van der Waals surface area contributed by atoms with E-state index in [-0.39, 0.29) is 55.0 Å². The van der Waals surface area contributed by atoms with Crippen LogP contribution in [0.25, 0.3) is 0 Å². The van der Waals surface area contributed by atoms with Crippen molar-refractivity contribution in [3.63, 3.8) is 0 Å². The molecule has 2 rings (SSSR count). The van der Waals surface area contributed by atoms with Gasteiger partial charge in [0.05, 0.1) is 42.7 Å². The molecule has 0 aliphatic heterocycles. The molecule has 0 spiro atoms. The van der Waals surface area contributed by atoms with Crippen molar-refractivity contribution in [2.75, 3.05) is 70.4 Å². The number of anilines is 1. The number of alkyl halides is 1. The summed E-state index contributed by atoms with van der Waals surface area (Å²) in [6.07, 6.45) is 5.55. The van der Waals surface area contributed by atoms with Crippen LogP contribution in [0.3, 0.4) is 0 Å². The number of nitrogens with zero attached hydrogens (tertiary/aromatic N) is 5. The highest BCUT2D eigenvalue weighted by molar-refractivity contribution is 6.17. The lowest BCUT2D eigenvalue weighted by atomic mass is 10.2. The Balaban J connectivity index is 1.97. The summed E-state index contributed by atoms with van der Waals surface area (Å²) in [5, 5.41) is 22.1. The predicted molar refractivity (Wildman–Crippen MR) is 179 cm³/mol. The van der Waals surface area contributed by atoms with Crippen molar-refractivity contribution >= 4 is 52.8 Å². The van der Waals surface area contributed by atoms with Gasteiger partial charge in [0.2, 0.25) is 19.5 Å². The number of amides is 1. The molecule has 21 heteroatoms. The molecule has 1 aromatic carbocycles. The Morgan fingerprint density at radius 3 is 2.13 bits per heavy atom. The minimum atomic E-state index is -0.944. The number of nitro benzene ring substituents is 1. The van der Waals surface area contributed by atoms with Crippen molar-refractivity contribution in [2.24, 2.45) is 0 Å². The van der Waals surface area contributed by atoms with E-state index in [2.05, 4.69) is 25.1 Å². The van der Waals surface area contributed by atoms with Gasteiger partial charge < -0.3 is 43.4 Å². The van der Waals surface area contributed by atoms with Gasteiger partial charge in [-0.15, -0.1) is 16.7 Å². The Kier molecular flexibility index (Phi) is 20.7. The molecule has 0 aliphatic carbocycles. The van der Waals surface area contributed by atoms with E-state index in [1.807, 2.05) is 0 Å². The van der Waals surface area contributed by atoms with Gasteiger partial charge in [0.1, 0.15) is 37.7 Å². The van der Waals surface area contributed by atoms with Gasteiger partial charge in [-0.1, -0.05) is 18.1 Å². The summed E-state index contributed by atoms with van der Waals surface area (Å²) in [4.78, 5) is 71.5.